The van der Waals surface area contributed by atoms with Gasteiger partial charge in [0.1, 0.15) is 0 Å². The number of halogens is 1. The summed E-state index contributed by atoms with van der Waals surface area (Å²) in [6, 6.07) is 8.61. The molecule has 2 heterocycles. The second-order valence-electron chi connectivity index (χ2n) is 4.18. The van der Waals surface area contributed by atoms with Crippen molar-refractivity contribution in [3.05, 3.63) is 59.4 Å². The molecule has 0 fully saturated rings. The minimum atomic E-state index is -0.297. The van der Waals surface area contributed by atoms with Crippen LogP contribution in [0, 0.1) is 0 Å². The second kappa shape index (κ2) is 4.59. The summed E-state index contributed by atoms with van der Waals surface area (Å²) in [5.74, 6) is -0.594. The van der Waals surface area contributed by atoms with Crippen LogP contribution in [0.15, 0.2) is 42.7 Å². The molecule has 0 spiro atoms. The number of fused-ring (bicyclic) bond motifs is 1. The number of rotatable bonds is 2. The monoisotopic (exact) mass is 316 g/mol. The highest BCUT2D eigenvalue weighted by molar-refractivity contribution is 9.08. The molecule has 0 saturated carbocycles. The number of pyridine rings is 1. The van der Waals surface area contributed by atoms with Gasteiger partial charge in [-0.1, -0.05) is 28.1 Å². The van der Waals surface area contributed by atoms with Crippen LogP contribution in [0.4, 0.5) is 5.69 Å². The van der Waals surface area contributed by atoms with E-state index in [2.05, 4.69) is 20.9 Å². The zero-order valence-corrected chi connectivity index (χ0v) is 11.4. The van der Waals surface area contributed by atoms with Crippen molar-refractivity contribution in [2.75, 3.05) is 4.90 Å². The molecule has 0 bridgehead atoms. The van der Waals surface area contributed by atoms with Gasteiger partial charge in [0.05, 0.1) is 23.0 Å². The smallest absolute Gasteiger partial charge is 0.266 e. The van der Waals surface area contributed by atoms with Crippen molar-refractivity contribution in [3.8, 4) is 0 Å². The first kappa shape index (κ1) is 12.0. The SMILES string of the molecule is O=C1c2ccccc2C(=O)N1c1cncc(CBr)c1. The average Bonchev–Trinajstić information content (AvgIpc) is 2.72. The van der Waals surface area contributed by atoms with E-state index in [1.807, 2.05) is 0 Å². The molecule has 1 aromatic carbocycles. The van der Waals surface area contributed by atoms with Crippen molar-refractivity contribution < 1.29 is 9.59 Å². The third-order valence-electron chi connectivity index (χ3n) is 2.99. The van der Waals surface area contributed by atoms with Crippen LogP contribution < -0.4 is 4.90 Å². The topological polar surface area (TPSA) is 50.3 Å². The van der Waals surface area contributed by atoms with Gasteiger partial charge in [0, 0.05) is 11.5 Å². The van der Waals surface area contributed by atoms with Crippen LogP contribution in [0.5, 0.6) is 0 Å². The Balaban J connectivity index is 2.08. The van der Waals surface area contributed by atoms with Crippen LogP contribution in [0.1, 0.15) is 26.3 Å². The van der Waals surface area contributed by atoms with E-state index in [9.17, 15) is 9.59 Å². The number of amides is 2. The van der Waals surface area contributed by atoms with Crippen LogP contribution >= 0.6 is 15.9 Å². The lowest BCUT2D eigenvalue weighted by molar-refractivity contribution is 0.0926. The predicted molar refractivity (Wildman–Crippen MR) is 74.5 cm³/mol. The standard InChI is InChI=1S/C14H9BrN2O2/c15-6-9-5-10(8-16-7-9)17-13(18)11-3-1-2-4-12(11)14(17)19/h1-5,7-8H,6H2. The van der Waals surface area contributed by atoms with E-state index in [4.69, 9.17) is 0 Å². The fourth-order valence-electron chi connectivity index (χ4n) is 2.09. The van der Waals surface area contributed by atoms with E-state index in [0.717, 1.165) is 5.56 Å². The first-order valence-corrected chi connectivity index (χ1v) is 6.82. The number of hydrogen-bond donors (Lipinski definition) is 0. The summed E-state index contributed by atoms with van der Waals surface area (Å²) in [6.45, 7) is 0. The number of imide groups is 1. The molecule has 4 nitrogen and oxygen atoms in total. The number of anilines is 1. The summed E-state index contributed by atoms with van der Waals surface area (Å²) in [6.07, 6.45) is 3.21. The average molecular weight is 317 g/mol. The molecular formula is C14H9BrN2O2. The van der Waals surface area contributed by atoms with Gasteiger partial charge < -0.3 is 0 Å². The largest absolute Gasteiger partial charge is 0.268 e. The van der Waals surface area contributed by atoms with Gasteiger partial charge >= 0.3 is 0 Å². The Morgan fingerprint density at radius 3 is 2.26 bits per heavy atom. The summed E-state index contributed by atoms with van der Waals surface area (Å²) in [5.41, 5.74) is 2.30. The zero-order chi connectivity index (χ0) is 13.4. The van der Waals surface area contributed by atoms with Gasteiger partial charge in [0.25, 0.3) is 11.8 Å². The van der Waals surface area contributed by atoms with Gasteiger partial charge in [-0.15, -0.1) is 0 Å². The lowest BCUT2D eigenvalue weighted by atomic mass is 10.1. The van der Waals surface area contributed by atoms with Crippen molar-refractivity contribution in [1.29, 1.82) is 0 Å². The minimum absolute atomic E-state index is 0.297. The summed E-state index contributed by atoms with van der Waals surface area (Å²) >= 11 is 3.33. The van der Waals surface area contributed by atoms with Gasteiger partial charge in [-0.2, -0.15) is 0 Å². The third kappa shape index (κ3) is 1.86. The number of nitrogens with zero attached hydrogens (tertiary/aromatic N) is 2. The van der Waals surface area contributed by atoms with E-state index in [-0.39, 0.29) is 11.8 Å². The Kier molecular flexibility index (Phi) is 2.91. The Morgan fingerprint density at radius 1 is 1.05 bits per heavy atom. The molecule has 19 heavy (non-hydrogen) atoms. The molecule has 0 saturated heterocycles. The highest BCUT2D eigenvalue weighted by Crippen LogP contribution is 2.28. The van der Waals surface area contributed by atoms with Gasteiger partial charge in [-0.3, -0.25) is 14.6 Å². The van der Waals surface area contributed by atoms with Gasteiger partial charge in [-0.25, -0.2) is 4.90 Å². The molecular weight excluding hydrogens is 308 g/mol. The summed E-state index contributed by atoms with van der Waals surface area (Å²) in [5, 5.41) is 0.622. The van der Waals surface area contributed by atoms with Crippen molar-refractivity contribution in [2.24, 2.45) is 0 Å². The fourth-order valence-corrected chi connectivity index (χ4v) is 2.40. The molecule has 0 atom stereocenters. The summed E-state index contributed by atoms with van der Waals surface area (Å²) < 4.78 is 0. The molecule has 5 heteroatoms. The first-order chi connectivity index (χ1) is 9.22. The van der Waals surface area contributed by atoms with Crippen molar-refractivity contribution in [3.63, 3.8) is 0 Å². The summed E-state index contributed by atoms with van der Waals surface area (Å²) in [4.78, 5) is 29.8. The van der Waals surface area contributed by atoms with Crippen molar-refractivity contribution >= 4 is 33.4 Å². The van der Waals surface area contributed by atoms with Gasteiger partial charge in [-0.05, 0) is 23.8 Å². The molecule has 2 amide bonds. The molecule has 1 aliphatic rings. The van der Waals surface area contributed by atoms with Gasteiger partial charge in [0.2, 0.25) is 0 Å². The van der Waals surface area contributed by atoms with Crippen LogP contribution in [0.3, 0.4) is 0 Å². The lowest BCUT2D eigenvalue weighted by Crippen LogP contribution is -2.29. The Labute approximate surface area is 118 Å². The third-order valence-corrected chi connectivity index (χ3v) is 3.63. The molecule has 0 unspecified atom stereocenters. The normalized spacial score (nSPS) is 13.8. The maximum Gasteiger partial charge on any atom is 0.266 e. The van der Waals surface area contributed by atoms with E-state index in [0.29, 0.717) is 22.1 Å². The van der Waals surface area contributed by atoms with Gasteiger partial charge in [0.15, 0.2) is 0 Å². The Bertz CT molecular complexity index is 650. The molecule has 2 aromatic rings. The molecule has 0 radical (unpaired) electrons. The Hall–Kier alpha value is -2.01. The minimum Gasteiger partial charge on any atom is -0.268 e. The van der Waals surface area contributed by atoms with E-state index < -0.39 is 0 Å². The Morgan fingerprint density at radius 2 is 1.68 bits per heavy atom. The quantitative estimate of drug-likeness (QED) is 0.632. The number of carbonyl (C=O) groups excluding carboxylic acids is 2. The number of hydrogen-bond acceptors (Lipinski definition) is 3. The zero-order valence-electron chi connectivity index (χ0n) is 9.84. The maximum atomic E-state index is 12.3. The van der Waals surface area contributed by atoms with Crippen LogP contribution in [0.25, 0.3) is 0 Å². The molecule has 1 aliphatic heterocycles. The number of alkyl halides is 1. The number of aromatic nitrogens is 1. The van der Waals surface area contributed by atoms with Crippen molar-refractivity contribution in [2.45, 2.75) is 5.33 Å². The molecule has 3 rings (SSSR count). The highest BCUT2D eigenvalue weighted by atomic mass is 79.9. The highest BCUT2D eigenvalue weighted by Gasteiger charge is 2.36. The fraction of sp³-hybridized carbons (Fsp3) is 0.0714. The van der Waals surface area contributed by atoms with Crippen molar-refractivity contribution in [1.82, 2.24) is 4.98 Å². The van der Waals surface area contributed by atoms with E-state index in [1.165, 1.54) is 11.1 Å². The predicted octanol–water partition coefficient (Wildman–Crippen LogP) is 2.78. The number of carbonyl (C=O) groups is 2. The van der Waals surface area contributed by atoms with E-state index in [1.54, 1.807) is 36.5 Å². The lowest BCUT2D eigenvalue weighted by Gasteiger charge is -2.13. The molecule has 1 aromatic heterocycles. The summed E-state index contributed by atoms with van der Waals surface area (Å²) in [7, 11) is 0. The number of benzene rings is 1. The van der Waals surface area contributed by atoms with Crippen LogP contribution in [0.2, 0.25) is 0 Å². The van der Waals surface area contributed by atoms with Crippen LogP contribution in [-0.4, -0.2) is 16.8 Å². The molecule has 0 N–H and O–H groups in total. The second-order valence-corrected chi connectivity index (χ2v) is 4.74. The first-order valence-electron chi connectivity index (χ1n) is 5.70. The maximum absolute atomic E-state index is 12.3. The van der Waals surface area contributed by atoms with E-state index >= 15 is 0 Å². The van der Waals surface area contributed by atoms with Crippen LogP contribution in [-0.2, 0) is 5.33 Å². The molecule has 94 valence electrons. The molecule has 0 aliphatic carbocycles.